The maximum Gasteiger partial charge on any atom is 0.419 e. The van der Waals surface area contributed by atoms with E-state index in [0.29, 0.717) is 6.07 Å². The number of rotatable bonds is 2. The van der Waals surface area contributed by atoms with Crippen LogP contribution in [0.25, 0.3) is 0 Å². The van der Waals surface area contributed by atoms with Gasteiger partial charge in [-0.15, -0.1) is 0 Å². The molecule has 1 aromatic rings. The van der Waals surface area contributed by atoms with Gasteiger partial charge in [0.25, 0.3) is 0 Å². The van der Waals surface area contributed by atoms with E-state index in [1.807, 2.05) is 0 Å². The number of hydrogen-bond acceptors (Lipinski definition) is 2. The van der Waals surface area contributed by atoms with Gasteiger partial charge in [0.2, 0.25) is 0 Å². The van der Waals surface area contributed by atoms with Gasteiger partial charge in [-0.1, -0.05) is 12.1 Å². The normalized spacial score (nSPS) is 14.4. The van der Waals surface area contributed by atoms with E-state index in [1.165, 1.54) is 0 Å². The van der Waals surface area contributed by atoms with E-state index in [1.54, 1.807) is 0 Å². The first-order valence-corrected chi connectivity index (χ1v) is 4.58. The minimum absolute atomic E-state index is 0.575. The highest BCUT2D eigenvalue weighted by molar-refractivity contribution is 5.44. The van der Waals surface area contributed by atoms with E-state index in [9.17, 15) is 26.3 Å². The molecule has 0 saturated carbocycles. The van der Waals surface area contributed by atoms with Crippen molar-refractivity contribution >= 4 is 0 Å². The highest BCUT2D eigenvalue weighted by atomic mass is 19.4. The van der Waals surface area contributed by atoms with Gasteiger partial charge in [0.05, 0.1) is 12.7 Å². The second-order valence-corrected chi connectivity index (χ2v) is 3.37. The molecule has 0 aliphatic rings. The van der Waals surface area contributed by atoms with Gasteiger partial charge in [0, 0.05) is 5.56 Å². The number of para-hydroxylation sites is 1. The fraction of sp³-hybridized carbons (Fsp3) is 0.400. The van der Waals surface area contributed by atoms with E-state index in [0.717, 1.165) is 19.2 Å². The zero-order chi connectivity index (χ0) is 14.1. The molecule has 2 nitrogen and oxygen atoms in total. The van der Waals surface area contributed by atoms with Crippen LogP contribution in [0.15, 0.2) is 18.2 Å². The monoisotopic (exact) mass is 274 g/mol. The molecule has 0 fully saturated rings. The fourth-order valence-electron chi connectivity index (χ4n) is 1.40. The lowest BCUT2D eigenvalue weighted by Crippen LogP contribution is -2.22. The molecule has 18 heavy (non-hydrogen) atoms. The SMILES string of the molecule is COc1c([C@@H](O)C(F)(F)F)cccc1C(F)(F)F. The van der Waals surface area contributed by atoms with Crippen LogP contribution in [0.1, 0.15) is 17.2 Å². The first kappa shape index (κ1) is 14.6. The molecule has 102 valence electrons. The van der Waals surface area contributed by atoms with Crippen LogP contribution in [-0.2, 0) is 6.18 Å². The predicted octanol–water partition coefficient (Wildman–Crippen LogP) is 3.31. The van der Waals surface area contributed by atoms with Crippen molar-refractivity contribution in [1.29, 1.82) is 0 Å². The maximum atomic E-state index is 12.5. The first-order chi connectivity index (χ1) is 8.09. The summed E-state index contributed by atoms with van der Waals surface area (Å²) in [5.41, 5.74) is -2.34. The third-order valence-electron chi connectivity index (χ3n) is 2.16. The molecule has 0 heterocycles. The Morgan fingerprint density at radius 2 is 1.67 bits per heavy atom. The molecule has 1 N–H and O–H groups in total. The maximum absolute atomic E-state index is 12.5. The zero-order valence-electron chi connectivity index (χ0n) is 8.93. The number of methoxy groups -OCH3 is 1. The van der Waals surface area contributed by atoms with Crippen molar-refractivity contribution in [2.45, 2.75) is 18.5 Å². The van der Waals surface area contributed by atoms with Crippen molar-refractivity contribution in [3.05, 3.63) is 29.3 Å². The van der Waals surface area contributed by atoms with Crippen LogP contribution in [-0.4, -0.2) is 18.4 Å². The van der Waals surface area contributed by atoms with Crippen LogP contribution in [0.4, 0.5) is 26.3 Å². The van der Waals surface area contributed by atoms with Gasteiger partial charge in [0.15, 0.2) is 6.10 Å². The van der Waals surface area contributed by atoms with Gasteiger partial charge in [-0.25, -0.2) is 0 Å². The van der Waals surface area contributed by atoms with Gasteiger partial charge in [-0.2, -0.15) is 26.3 Å². The number of aliphatic hydroxyl groups is 1. The Morgan fingerprint density at radius 3 is 2.06 bits per heavy atom. The van der Waals surface area contributed by atoms with Crippen LogP contribution in [0.3, 0.4) is 0 Å². The molecule has 0 aliphatic heterocycles. The molecule has 1 atom stereocenters. The van der Waals surface area contributed by atoms with Crippen molar-refractivity contribution in [1.82, 2.24) is 0 Å². The van der Waals surface area contributed by atoms with Gasteiger partial charge in [0.1, 0.15) is 5.75 Å². The molecule has 0 bridgehead atoms. The largest absolute Gasteiger partial charge is 0.496 e. The topological polar surface area (TPSA) is 29.5 Å². The molecule has 8 heteroatoms. The number of alkyl halides is 6. The molecule has 0 amide bonds. The molecule has 0 saturated heterocycles. The van der Waals surface area contributed by atoms with E-state index in [4.69, 9.17) is 5.11 Å². The number of ether oxygens (including phenoxy) is 1. The lowest BCUT2D eigenvalue weighted by Gasteiger charge is -2.20. The zero-order valence-corrected chi connectivity index (χ0v) is 8.93. The summed E-state index contributed by atoms with van der Waals surface area (Å²) < 4.78 is 78.8. The molecule has 0 aromatic heterocycles. The molecular formula is C10H8F6O2. The van der Waals surface area contributed by atoms with Crippen molar-refractivity contribution in [3.8, 4) is 5.75 Å². The van der Waals surface area contributed by atoms with E-state index in [-0.39, 0.29) is 0 Å². The van der Waals surface area contributed by atoms with E-state index < -0.39 is 35.3 Å². The highest BCUT2D eigenvalue weighted by Crippen LogP contribution is 2.43. The first-order valence-electron chi connectivity index (χ1n) is 4.58. The average Bonchev–Trinajstić information content (AvgIpc) is 2.24. The molecule has 0 radical (unpaired) electrons. The van der Waals surface area contributed by atoms with Gasteiger partial charge >= 0.3 is 12.4 Å². The standard InChI is InChI=1S/C10H8F6O2/c1-18-7-5(8(17)10(14,15)16)3-2-4-6(7)9(11,12)13/h2-4,8,17H,1H3/t8-/m1/s1. The van der Waals surface area contributed by atoms with Crippen molar-refractivity contribution < 1.29 is 36.2 Å². The number of hydrogen-bond donors (Lipinski definition) is 1. The van der Waals surface area contributed by atoms with Crippen LogP contribution < -0.4 is 4.74 Å². The quantitative estimate of drug-likeness (QED) is 0.838. The van der Waals surface area contributed by atoms with E-state index >= 15 is 0 Å². The Bertz CT molecular complexity index is 423. The number of benzene rings is 1. The highest BCUT2D eigenvalue weighted by Gasteiger charge is 2.43. The Morgan fingerprint density at radius 1 is 1.11 bits per heavy atom. The third-order valence-corrected chi connectivity index (χ3v) is 2.16. The van der Waals surface area contributed by atoms with Crippen molar-refractivity contribution in [2.75, 3.05) is 7.11 Å². The summed E-state index contributed by atoms with van der Waals surface area (Å²) in [6, 6.07) is 2.08. The molecule has 1 rings (SSSR count). The van der Waals surface area contributed by atoms with Crippen LogP contribution in [0.2, 0.25) is 0 Å². The molecule has 1 aromatic carbocycles. The molecule has 0 spiro atoms. The Hall–Kier alpha value is -1.44. The summed E-state index contributed by atoms with van der Waals surface area (Å²) in [4.78, 5) is 0. The number of aliphatic hydroxyl groups excluding tert-OH is 1. The Labute approximate surface area is 97.8 Å². The van der Waals surface area contributed by atoms with E-state index in [2.05, 4.69) is 4.74 Å². The summed E-state index contributed by atoms with van der Waals surface area (Å²) in [6.45, 7) is 0. The number of halogens is 6. The molecule has 0 aliphatic carbocycles. The Kier molecular flexibility index (Phi) is 3.80. The summed E-state index contributed by atoms with van der Waals surface area (Å²) >= 11 is 0. The molecular weight excluding hydrogens is 266 g/mol. The third kappa shape index (κ3) is 2.87. The Balaban J connectivity index is 3.39. The molecule has 0 unspecified atom stereocenters. The second kappa shape index (κ2) is 4.68. The summed E-state index contributed by atoms with van der Waals surface area (Å²) in [6.07, 6.45) is -13.0. The summed E-state index contributed by atoms with van der Waals surface area (Å²) in [5.74, 6) is -1.03. The smallest absolute Gasteiger partial charge is 0.419 e. The lowest BCUT2D eigenvalue weighted by molar-refractivity contribution is -0.207. The van der Waals surface area contributed by atoms with Crippen LogP contribution >= 0.6 is 0 Å². The fourth-order valence-corrected chi connectivity index (χ4v) is 1.40. The minimum atomic E-state index is -5.07. The summed E-state index contributed by atoms with van der Waals surface area (Å²) in [7, 11) is 0.803. The van der Waals surface area contributed by atoms with Gasteiger partial charge in [-0.3, -0.25) is 0 Å². The van der Waals surface area contributed by atoms with Crippen molar-refractivity contribution in [2.24, 2.45) is 0 Å². The van der Waals surface area contributed by atoms with Crippen LogP contribution in [0.5, 0.6) is 5.75 Å². The predicted molar refractivity (Wildman–Crippen MR) is 49.0 cm³/mol. The lowest BCUT2D eigenvalue weighted by atomic mass is 10.0. The van der Waals surface area contributed by atoms with Gasteiger partial charge < -0.3 is 9.84 Å². The summed E-state index contributed by atoms with van der Waals surface area (Å²) in [5, 5.41) is 8.99. The van der Waals surface area contributed by atoms with Crippen LogP contribution in [0, 0.1) is 0 Å². The minimum Gasteiger partial charge on any atom is -0.496 e. The van der Waals surface area contributed by atoms with Crippen molar-refractivity contribution in [3.63, 3.8) is 0 Å². The average molecular weight is 274 g/mol. The van der Waals surface area contributed by atoms with Gasteiger partial charge in [-0.05, 0) is 6.07 Å². The second-order valence-electron chi connectivity index (χ2n) is 3.37.